The number of anilines is 1. The van der Waals surface area contributed by atoms with Crippen LogP contribution in [0.25, 0.3) is 22.3 Å². The molecule has 3 N–H and O–H groups in total. The molecule has 0 saturated heterocycles. The second-order valence-corrected chi connectivity index (χ2v) is 5.40. The fourth-order valence-corrected chi connectivity index (χ4v) is 2.56. The Bertz CT molecular complexity index is 974. The van der Waals surface area contributed by atoms with Crippen LogP contribution in [0.3, 0.4) is 0 Å². The van der Waals surface area contributed by atoms with E-state index in [0.29, 0.717) is 17.9 Å². The molecule has 0 aliphatic carbocycles. The molecule has 0 atom stereocenters. The molecule has 0 spiro atoms. The number of nitrogens with two attached hydrogens (primary N) is 1. The summed E-state index contributed by atoms with van der Waals surface area (Å²) in [6.45, 7) is 0. The van der Waals surface area contributed by atoms with E-state index in [2.05, 4.69) is 32.3 Å². The Morgan fingerprint density at radius 2 is 1.83 bits per heavy atom. The minimum Gasteiger partial charge on any atom is -0.399 e. The van der Waals surface area contributed by atoms with Crippen LogP contribution in [0.4, 0.5) is 5.69 Å². The van der Waals surface area contributed by atoms with Crippen molar-refractivity contribution in [3.8, 4) is 11.4 Å². The van der Waals surface area contributed by atoms with E-state index in [-0.39, 0.29) is 0 Å². The van der Waals surface area contributed by atoms with E-state index < -0.39 is 0 Å². The predicted molar refractivity (Wildman–Crippen MR) is 90.8 cm³/mol. The summed E-state index contributed by atoms with van der Waals surface area (Å²) < 4.78 is 0. The van der Waals surface area contributed by atoms with Gasteiger partial charge in [-0.2, -0.15) is 5.10 Å². The van der Waals surface area contributed by atoms with Crippen LogP contribution in [-0.4, -0.2) is 20.2 Å². The van der Waals surface area contributed by atoms with E-state index in [1.165, 1.54) is 0 Å². The van der Waals surface area contributed by atoms with Crippen LogP contribution in [0, 0.1) is 0 Å². The molecule has 4 aromatic rings. The molecular formula is C18H15N5. The van der Waals surface area contributed by atoms with Crippen molar-refractivity contribution in [3.05, 3.63) is 72.2 Å². The van der Waals surface area contributed by atoms with E-state index in [1.54, 1.807) is 0 Å². The van der Waals surface area contributed by atoms with Crippen molar-refractivity contribution < 1.29 is 0 Å². The molecule has 2 aromatic carbocycles. The van der Waals surface area contributed by atoms with Gasteiger partial charge in [-0.3, -0.25) is 10.1 Å². The van der Waals surface area contributed by atoms with Gasteiger partial charge in [0.1, 0.15) is 5.82 Å². The molecule has 2 heterocycles. The van der Waals surface area contributed by atoms with Crippen molar-refractivity contribution >= 4 is 16.6 Å². The number of nitrogens with zero attached hydrogens (tertiary/aromatic N) is 3. The number of aromatic nitrogens is 4. The van der Waals surface area contributed by atoms with Gasteiger partial charge in [0.25, 0.3) is 0 Å². The zero-order valence-electron chi connectivity index (χ0n) is 12.4. The minimum absolute atomic E-state index is 0.611. The second-order valence-electron chi connectivity index (χ2n) is 5.40. The fourth-order valence-electron chi connectivity index (χ4n) is 2.56. The molecule has 23 heavy (non-hydrogen) atoms. The van der Waals surface area contributed by atoms with Gasteiger partial charge < -0.3 is 5.73 Å². The Morgan fingerprint density at radius 3 is 2.74 bits per heavy atom. The van der Waals surface area contributed by atoms with Gasteiger partial charge in [-0.05, 0) is 24.3 Å². The van der Waals surface area contributed by atoms with Crippen LogP contribution in [0.2, 0.25) is 0 Å². The predicted octanol–water partition coefficient (Wildman–Crippen LogP) is 3.19. The molecule has 0 aliphatic rings. The standard InChI is InChI=1S/C18H15N5/c19-14-6-3-5-13(10-14)18-21-17(22-23-18)11-15-9-8-12-4-1-2-7-16(12)20-15/h1-10H,11,19H2,(H,21,22,23). The normalized spacial score (nSPS) is 11.0. The van der Waals surface area contributed by atoms with Crippen LogP contribution in [0.1, 0.15) is 11.5 Å². The van der Waals surface area contributed by atoms with Gasteiger partial charge in [-0.25, -0.2) is 4.98 Å². The van der Waals surface area contributed by atoms with E-state index in [9.17, 15) is 0 Å². The summed E-state index contributed by atoms with van der Waals surface area (Å²) in [5.74, 6) is 1.43. The first kappa shape index (κ1) is 13.5. The number of benzene rings is 2. The zero-order valence-corrected chi connectivity index (χ0v) is 12.4. The number of hydrogen-bond acceptors (Lipinski definition) is 4. The fraction of sp³-hybridized carbons (Fsp3) is 0.0556. The van der Waals surface area contributed by atoms with Crippen molar-refractivity contribution in [2.75, 3.05) is 5.73 Å². The maximum absolute atomic E-state index is 5.80. The van der Waals surface area contributed by atoms with Crippen LogP contribution >= 0.6 is 0 Å². The summed E-state index contributed by atoms with van der Waals surface area (Å²) in [5, 5.41) is 8.38. The molecule has 4 rings (SSSR count). The van der Waals surface area contributed by atoms with Crippen molar-refractivity contribution in [2.24, 2.45) is 0 Å². The van der Waals surface area contributed by atoms with Crippen molar-refractivity contribution in [1.82, 2.24) is 20.2 Å². The smallest absolute Gasteiger partial charge is 0.181 e. The van der Waals surface area contributed by atoms with Crippen molar-refractivity contribution in [3.63, 3.8) is 0 Å². The number of rotatable bonds is 3. The Labute approximate surface area is 133 Å². The largest absolute Gasteiger partial charge is 0.399 e. The third-order valence-corrected chi connectivity index (χ3v) is 3.68. The van der Waals surface area contributed by atoms with E-state index >= 15 is 0 Å². The van der Waals surface area contributed by atoms with Gasteiger partial charge in [0.05, 0.1) is 5.52 Å². The molecule has 0 aliphatic heterocycles. The summed E-state index contributed by atoms with van der Waals surface area (Å²) in [6.07, 6.45) is 0.611. The molecule has 112 valence electrons. The van der Waals surface area contributed by atoms with E-state index in [1.807, 2.05) is 48.5 Å². The number of pyridine rings is 1. The summed E-state index contributed by atoms with van der Waals surface area (Å²) in [7, 11) is 0. The number of fused-ring (bicyclic) bond motifs is 1. The van der Waals surface area contributed by atoms with Gasteiger partial charge in [-0.1, -0.05) is 36.4 Å². The Balaban J connectivity index is 1.61. The lowest BCUT2D eigenvalue weighted by Gasteiger charge is -2.00. The highest BCUT2D eigenvalue weighted by molar-refractivity contribution is 5.78. The topological polar surface area (TPSA) is 80.5 Å². The first-order chi connectivity index (χ1) is 11.3. The molecule has 0 saturated carbocycles. The number of hydrogen-bond donors (Lipinski definition) is 2. The second kappa shape index (κ2) is 5.53. The Hall–Kier alpha value is -3.21. The lowest BCUT2D eigenvalue weighted by atomic mass is 10.2. The molecule has 0 bridgehead atoms. The van der Waals surface area contributed by atoms with E-state index in [4.69, 9.17) is 5.73 Å². The van der Waals surface area contributed by atoms with Crippen molar-refractivity contribution in [2.45, 2.75) is 6.42 Å². The molecule has 2 aromatic heterocycles. The summed E-state index contributed by atoms with van der Waals surface area (Å²) in [6, 6.07) is 19.7. The lowest BCUT2D eigenvalue weighted by molar-refractivity contribution is 0.948. The zero-order chi connectivity index (χ0) is 15.6. The first-order valence-corrected chi connectivity index (χ1v) is 7.40. The number of aromatic amines is 1. The number of nitrogens with one attached hydrogen (secondary N) is 1. The maximum Gasteiger partial charge on any atom is 0.181 e. The van der Waals surface area contributed by atoms with Crippen LogP contribution in [0.5, 0.6) is 0 Å². The summed E-state index contributed by atoms with van der Waals surface area (Å²) >= 11 is 0. The van der Waals surface area contributed by atoms with Crippen molar-refractivity contribution in [1.29, 1.82) is 0 Å². The highest BCUT2D eigenvalue weighted by Crippen LogP contribution is 2.18. The lowest BCUT2D eigenvalue weighted by Crippen LogP contribution is -1.95. The molecule has 0 unspecified atom stereocenters. The monoisotopic (exact) mass is 301 g/mol. The first-order valence-electron chi connectivity index (χ1n) is 7.40. The number of H-pyrrole nitrogens is 1. The van der Waals surface area contributed by atoms with Crippen LogP contribution in [0.15, 0.2) is 60.7 Å². The van der Waals surface area contributed by atoms with Gasteiger partial charge in [0, 0.05) is 28.8 Å². The number of para-hydroxylation sites is 1. The Morgan fingerprint density at radius 1 is 0.913 bits per heavy atom. The van der Waals surface area contributed by atoms with Gasteiger partial charge in [-0.15, -0.1) is 0 Å². The van der Waals surface area contributed by atoms with Gasteiger partial charge >= 0.3 is 0 Å². The maximum atomic E-state index is 5.80. The highest BCUT2D eigenvalue weighted by atomic mass is 15.2. The van der Waals surface area contributed by atoms with Gasteiger partial charge in [0.2, 0.25) is 0 Å². The molecule has 0 radical (unpaired) electrons. The molecule has 0 fully saturated rings. The molecule has 0 amide bonds. The van der Waals surface area contributed by atoms with Gasteiger partial charge in [0.15, 0.2) is 5.82 Å². The summed E-state index contributed by atoms with van der Waals surface area (Å²) in [4.78, 5) is 9.19. The molecule has 5 nitrogen and oxygen atoms in total. The van der Waals surface area contributed by atoms with Crippen LogP contribution in [-0.2, 0) is 6.42 Å². The SMILES string of the molecule is Nc1cccc(-c2n[nH]c(Cc3ccc4ccccc4n3)n2)c1. The van der Waals surface area contributed by atoms with E-state index in [0.717, 1.165) is 28.0 Å². The Kier molecular flexibility index (Phi) is 3.24. The summed E-state index contributed by atoms with van der Waals surface area (Å²) in [5.41, 5.74) is 9.35. The quantitative estimate of drug-likeness (QED) is 0.569. The minimum atomic E-state index is 0.611. The highest BCUT2D eigenvalue weighted by Gasteiger charge is 2.08. The van der Waals surface area contributed by atoms with Crippen LogP contribution < -0.4 is 5.73 Å². The average molecular weight is 301 g/mol. The third kappa shape index (κ3) is 2.76. The third-order valence-electron chi connectivity index (χ3n) is 3.68. The molecular weight excluding hydrogens is 286 g/mol. The molecule has 5 heteroatoms. The number of nitrogen functional groups attached to an aromatic ring is 1. The average Bonchev–Trinajstić information content (AvgIpc) is 3.03.